The molecular weight excluding hydrogens is 340 g/mol. The Morgan fingerprint density at radius 1 is 1.05 bits per heavy atom. The van der Waals surface area contributed by atoms with E-state index in [-0.39, 0.29) is 12.8 Å². The Morgan fingerprint density at radius 3 is 2.00 bits per heavy atom. The summed E-state index contributed by atoms with van der Waals surface area (Å²) in [6, 6.07) is 0. The van der Waals surface area contributed by atoms with Crippen molar-refractivity contribution >= 4 is 29.2 Å². The van der Waals surface area contributed by atoms with E-state index < -0.39 is 44.6 Å². The third-order valence-corrected chi connectivity index (χ3v) is 4.45. The second-order valence-electron chi connectivity index (χ2n) is 5.13. The highest BCUT2D eigenvalue weighted by atomic mass is 35.5. The van der Waals surface area contributed by atoms with Gasteiger partial charge in [-0.2, -0.15) is 0 Å². The van der Waals surface area contributed by atoms with Gasteiger partial charge in [0.2, 0.25) is 0 Å². The van der Waals surface area contributed by atoms with Crippen LogP contribution in [0, 0.1) is 17.5 Å². The lowest BCUT2D eigenvalue weighted by Gasteiger charge is -2.37. The van der Waals surface area contributed by atoms with Crippen LogP contribution in [-0.4, -0.2) is 5.97 Å². The van der Waals surface area contributed by atoms with E-state index >= 15 is 0 Å². The van der Waals surface area contributed by atoms with Crippen molar-refractivity contribution in [1.82, 2.24) is 0 Å². The first-order valence-corrected chi connectivity index (χ1v) is 7.47. The molecular formula is C15H13Cl2F3O2. The molecule has 1 aromatic rings. The molecule has 1 aromatic carbocycles. The lowest BCUT2D eigenvalue weighted by Crippen LogP contribution is -2.36. The summed E-state index contributed by atoms with van der Waals surface area (Å²) < 4.78 is 47.6. The fraction of sp³-hybridized carbons (Fsp3) is 0.400. The summed E-state index contributed by atoms with van der Waals surface area (Å²) in [7, 11) is 0. The van der Waals surface area contributed by atoms with Crippen LogP contribution in [0.2, 0.25) is 10.0 Å². The first-order chi connectivity index (χ1) is 10.3. The van der Waals surface area contributed by atoms with E-state index in [1.807, 2.05) is 0 Å². The summed E-state index contributed by atoms with van der Waals surface area (Å²) in [4.78, 5) is 11.6. The summed E-state index contributed by atoms with van der Waals surface area (Å²) in [6.07, 6.45) is 3.31. The molecule has 0 atom stereocenters. The van der Waals surface area contributed by atoms with E-state index in [0.29, 0.717) is 12.8 Å². The van der Waals surface area contributed by atoms with Gasteiger partial charge in [-0.3, -0.25) is 0 Å². The zero-order chi connectivity index (χ0) is 16.5. The molecule has 1 aliphatic rings. The lowest BCUT2D eigenvalue weighted by molar-refractivity contribution is -0.159. The number of carbonyl (C=O) groups excluding carboxylic acids is 1. The standard InChI is InChI=1S/C15H13Cl2F3O2/c1-2-8(21)22-15(6-4-3-5-7-15)9-12(18)10(16)14(20)11(17)13(9)19/h2H,1,3-7H2. The van der Waals surface area contributed by atoms with E-state index in [2.05, 4.69) is 6.58 Å². The van der Waals surface area contributed by atoms with Crippen molar-refractivity contribution < 1.29 is 22.7 Å². The van der Waals surface area contributed by atoms with Gasteiger partial charge in [-0.1, -0.05) is 36.2 Å². The van der Waals surface area contributed by atoms with Crippen LogP contribution < -0.4 is 0 Å². The minimum atomic E-state index is -1.56. The highest BCUT2D eigenvalue weighted by Crippen LogP contribution is 2.46. The van der Waals surface area contributed by atoms with Gasteiger partial charge in [-0.25, -0.2) is 18.0 Å². The molecule has 120 valence electrons. The maximum absolute atomic E-state index is 14.4. The van der Waals surface area contributed by atoms with Gasteiger partial charge in [0.25, 0.3) is 0 Å². The van der Waals surface area contributed by atoms with E-state index in [4.69, 9.17) is 27.9 Å². The molecule has 1 saturated carbocycles. The van der Waals surface area contributed by atoms with Crippen molar-refractivity contribution in [3.05, 3.63) is 45.7 Å². The number of halogens is 5. The number of hydrogen-bond donors (Lipinski definition) is 0. The summed E-state index contributed by atoms with van der Waals surface area (Å²) in [5.41, 5.74) is -2.16. The average Bonchev–Trinajstić information content (AvgIpc) is 2.52. The second kappa shape index (κ2) is 6.50. The van der Waals surface area contributed by atoms with Crippen LogP contribution in [0.5, 0.6) is 0 Å². The molecule has 2 rings (SSSR count). The Labute approximate surface area is 135 Å². The molecule has 0 bridgehead atoms. The molecule has 0 radical (unpaired) electrons. The molecule has 0 heterocycles. The Hall–Kier alpha value is -1.20. The van der Waals surface area contributed by atoms with Gasteiger partial charge in [0.1, 0.15) is 15.6 Å². The van der Waals surface area contributed by atoms with Gasteiger partial charge in [0, 0.05) is 6.08 Å². The van der Waals surface area contributed by atoms with Gasteiger partial charge in [0.15, 0.2) is 17.5 Å². The van der Waals surface area contributed by atoms with Crippen LogP contribution in [0.25, 0.3) is 0 Å². The molecule has 1 fully saturated rings. The number of esters is 1. The number of carbonyl (C=O) groups is 1. The van der Waals surface area contributed by atoms with Crippen LogP contribution >= 0.6 is 23.2 Å². The second-order valence-corrected chi connectivity index (χ2v) is 5.88. The van der Waals surface area contributed by atoms with Gasteiger partial charge >= 0.3 is 5.97 Å². The average molecular weight is 353 g/mol. The van der Waals surface area contributed by atoms with E-state index in [9.17, 15) is 18.0 Å². The summed E-state index contributed by atoms with van der Waals surface area (Å²) in [5, 5.41) is -1.83. The SMILES string of the molecule is C=CC(=O)OC1(c2c(F)c(Cl)c(F)c(Cl)c2F)CCCCC1. The van der Waals surface area contributed by atoms with Gasteiger partial charge in [-0.15, -0.1) is 0 Å². The fourth-order valence-corrected chi connectivity index (χ4v) is 3.19. The Bertz CT molecular complexity index is 597. The maximum atomic E-state index is 14.4. The number of benzene rings is 1. The smallest absolute Gasteiger partial charge is 0.331 e. The maximum Gasteiger partial charge on any atom is 0.331 e. The molecule has 7 heteroatoms. The molecule has 0 saturated heterocycles. The lowest BCUT2D eigenvalue weighted by atomic mass is 9.78. The molecule has 0 spiro atoms. The molecule has 0 N–H and O–H groups in total. The molecule has 2 nitrogen and oxygen atoms in total. The number of rotatable bonds is 3. The summed E-state index contributed by atoms with van der Waals surface area (Å²) in [6.45, 7) is 3.27. The van der Waals surface area contributed by atoms with Crippen molar-refractivity contribution in [3.63, 3.8) is 0 Å². The topological polar surface area (TPSA) is 26.3 Å². The predicted molar refractivity (Wildman–Crippen MR) is 77.4 cm³/mol. The minimum absolute atomic E-state index is 0.193. The van der Waals surface area contributed by atoms with E-state index in [1.54, 1.807) is 0 Å². The minimum Gasteiger partial charge on any atom is -0.451 e. The fourth-order valence-electron chi connectivity index (χ4n) is 2.77. The highest BCUT2D eigenvalue weighted by molar-refractivity contribution is 6.35. The van der Waals surface area contributed by atoms with E-state index in [0.717, 1.165) is 12.5 Å². The molecule has 22 heavy (non-hydrogen) atoms. The predicted octanol–water partition coefficient (Wildman–Crippen LogP) is 5.30. The van der Waals surface area contributed by atoms with Crippen molar-refractivity contribution in [2.24, 2.45) is 0 Å². The molecule has 1 aliphatic carbocycles. The molecule has 0 aliphatic heterocycles. The van der Waals surface area contributed by atoms with Crippen molar-refractivity contribution in [3.8, 4) is 0 Å². The number of hydrogen-bond acceptors (Lipinski definition) is 2. The quantitative estimate of drug-likeness (QED) is 0.319. The van der Waals surface area contributed by atoms with Crippen molar-refractivity contribution in [2.45, 2.75) is 37.7 Å². The number of ether oxygens (including phenoxy) is 1. The van der Waals surface area contributed by atoms with Crippen molar-refractivity contribution in [2.75, 3.05) is 0 Å². The Balaban J connectivity index is 2.67. The van der Waals surface area contributed by atoms with Crippen molar-refractivity contribution in [1.29, 1.82) is 0 Å². The van der Waals surface area contributed by atoms with Gasteiger partial charge in [0.05, 0.1) is 5.56 Å². The molecule has 0 aromatic heterocycles. The van der Waals surface area contributed by atoms with Gasteiger partial charge in [-0.05, 0) is 25.7 Å². The summed E-state index contributed by atoms with van der Waals surface area (Å²) in [5.74, 6) is -4.78. The molecule has 0 amide bonds. The zero-order valence-electron chi connectivity index (χ0n) is 11.5. The first-order valence-electron chi connectivity index (χ1n) is 6.71. The van der Waals surface area contributed by atoms with Crippen LogP contribution in [0.3, 0.4) is 0 Å². The first kappa shape index (κ1) is 17.2. The Kier molecular flexibility index (Phi) is 5.07. The summed E-state index contributed by atoms with van der Waals surface area (Å²) >= 11 is 11.1. The zero-order valence-corrected chi connectivity index (χ0v) is 13.0. The Morgan fingerprint density at radius 2 is 1.55 bits per heavy atom. The molecule has 0 unspecified atom stereocenters. The largest absolute Gasteiger partial charge is 0.451 e. The van der Waals surface area contributed by atoms with E-state index in [1.165, 1.54) is 0 Å². The van der Waals surface area contributed by atoms with Crippen LogP contribution in [0.4, 0.5) is 13.2 Å². The monoisotopic (exact) mass is 352 g/mol. The third kappa shape index (κ3) is 2.84. The van der Waals surface area contributed by atoms with Crippen LogP contribution in [0.15, 0.2) is 12.7 Å². The van der Waals surface area contributed by atoms with Crippen LogP contribution in [0.1, 0.15) is 37.7 Å². The van der Waals surface area contributed by atoms with Crippen LogP contribution in [-0.2, 0) is 15.1 Å². The highest BCUT2D eigenvalue weighted by Gasteiger charge is 2.44. The normalized spacial score (nSPS) is 17.1. The third-order valence-electron chi connectivity index (χ3n) is 3.79. The van der Waals surface area contributed by atoms with Gasteiger partial charge < -0.3 is 4.74 Å².